The third-order valence-corrected chi connectivity index (χ3v) is 3.54. The molecule has 132 valence electrons. The molecule has 0 aliphatic heterocycles. The van der Waals surface area contributed by atoms with Gasteiger partial charge in [0.25, 0.3) is 0 Å². The van der Waals surface area contributed by atoms with Gasteiger partial charge in [0, 0.05) is 25.7 Å². The molecule has 0 aliphatic carbocycles. The van der Waals surface area contributed by atoms with Crippen LogP contribution in [0.25, 0.3) is 0 Å². The largest absolute Gasteiger partial charge is 0.357 e. The first kappa shape index (κ1) is 22.1. The maximum absolute atomic E-state index is 13.1. The van der Waals surface area contributed by atoms with E-state index in [-0.39, 0.29) is 29.8 Å². The second kappa shape index (κ2) is 12.5. The molecule has 4 nitrogen and oxygen atoms in total. The van der Waals surface area contributed by atoms with Crippen LogP contribution in [0.3, 0.4) is 0 Å². The molecule has 0 atom stereocenters. The topological polar surface area (TPSA) is 39.7 Å². The molecule has 0 fully saturated rings. The Bertz CT molecular complexity index is 466. The first-order chi connectivity index (χ1) is 10.5. The summed E-state index contributed by atoms with van der Waals surface area (Å²) in [5.41, 5.74) is 0.989. The highest BCUT2D eigenvalue weighted by atomic mass is 127. The van der Waals surface area contributed by atoms with Crippen molar-refractivity contribution < 1.29 is 4.39 Å². The van der Waals surface area contributed by atoms with Gasteiger partial charge >= 0.3 is 0 Å². The number of nitrogens with zero attached hydrogens (tertiary/aromatic N) is 2. The van der Waals surface area contributed by atoms with E-state index in [4.69, 9.17) is 0 Å². The highest BCUT2D eigenvalue weighted by molar-refractivity contribution is 14.0. The van der Waals surface area contributed by atoms with E-state index >= 15 is 0 Å². The lowest BCUT2D eigenvalue weighted by atomic mass is 10.1. The Balaban J connectivity index is 0.00000484. The number of benzene rings is 1. The SMILES string of the molecule is CCNC(=NCCN(C)C(C)C)NCCc1cccc(F)c1.I. The minimum atomic E-state index is -0.185. The molecule has 1 aromatic carbocycles. The smallest absolute Gasteiger partial charge is 0.191 e. The fourth-order valence-corrected chi connectivity index (χ4v) is 1.94. The van der Waals surface area contributed by atoms with Crippen LogP contribution in [0.4, 0.5) is 4.39 Å². The summed E-state index contributed by atoms with van der Waals surface area (Å²) < 4.78 is 13.1. The number of guanidine groups is 1. The Morgan fingerprint density at radius 1 is 1.30 bits per heavy atom. The van der Waals surface area contributed by atoms with Gasteiger partial charge in [0.1, 0.15) is 5.82 Å². The third-order valence-electron chi connectivity index (χ3n) is 3.54. The molecule has 0 unspecified atom stereocenters. The van der Waals surface area contributed by atoms with Crippen LogP contribution in [0.1, 0.15) is 26.3 Å². The number of aliphatic imine (C=N–C) groups is 1. The molecule has 0 amide bonds. The van der Waals surface area contributed by atoms with Crippen molar-refractivity contribution in [2.45, 2.75) is 33.2 Å². The van der Waals surface area contributed by atoms with Crippen molar-refractivity contribution >= 4 is 29.9 Å². The number of nitrogens with one attached hydrogen (secondary N) is 2. The van der Waals surface area contributed by atoms with Gasteiger partial charge in [-0.15, -0.1) is 24.0 Å². The van der Waals surface area contributed by atoms with E-state index in [1.807, 2.05) is 13.0 Å². The quantitative estimate of drug-likeness (QED) is 0.374. The first-order valence-corrected chi connectivity index (χ1v) is 7.99. The lowest BCUT2D eigenvalue weighted by Gasteiger charge is -2.20. The predicted octanol–water partition coefficient (Wildman–Crippen LogP) is 2.88. The summed E-state index contributed by atoms with van der Waals surface area (Å²) >= 11 is 0. The molecule has 0 aromatic heterocycles. The number of likely N-dealkylation sites (N-methyl/N-ethyl adjacent to an activating group) is 1. The van der Waals surface area contributed by atoms with Crippen molar-refractivity contribution in [1.29, 1.82) is 0 Å². The fraction of sp³-hybridized carbons (Fsp3) is 0.588. The number of hydrogen-bond donors (Lipinski definition) is 2. The van der Waals surface area contributed by atoms with Crippen LogP contribution in [0.5, 0.6) is 0 Å². The van der Waals surface area contributed by atoms with Gasteiger partial charge < -0.3 is 15.5 Å². The molecule has 1 rings (SSSR count). The van der Waals surface area contributed by atoms with Crippen LogP contribution in [-0.2, 0) is 6.42 Å². The first-order valence-electron chi connectivity index (χ1n) is 7.99. The van der Waals surface area contributed by atoms with Crippen molar-refractivity contribution in [2.24, 2.45) is 4.99 Å². The molecule has 6 heteroatoms. The molecule has 23 heavy (non-hydrogen) atoms. The second-order valence-electron chi connectivity index (χ2n) is 5.64. The lowest BCUT2D eigenvalue weighted by Crippen LogP contribution is -2.39. The highest BCUT2D eigenvalue weighted by Gasteiger charge is 2.02. The van der Waals surface area contributed by atoms with E-state index in [0.717, 1.165) is 44.1 Å². The summed E-state index contributed by atoms with van der Waals surface area (Å²) in [5.74, 6) is 0.630. The van der Waals surface area contributed by atoms with Crippen LogP contribution in [-0.4, -0.2) is 50.1 Å². The van der Waals surface area contributed by atoms with Gasteiger partial charge in [-0.3, -0.25) is 4.99 Å². The average molecular weight is 436 g/mol. The van der Waals surface area contributed by atoms with Gasteiger partial charge in [-0.1, -0.05) is 12.1 Å². The lowest BCUT2D eigenvalue weighted by molar-refractivity contribution is 0.282. The summed E-state index contributed by atoms with van der Waals surface area (Å²) in [6.07, 6.45) is 0.772. The molecular formula is C17H30FIN4. The van der Waals surface area contributed by atoms with Crippen molar-refractivity contribution in [2.75, 3.05) is 33.2 Å². The van der Waals surface area contributed by atoms with E-state index in [1.54, 1.807) is 12.1 Å². The average Bonchev–Trinajstić information content (AvgIpc) is 2.47. The molecule has 1 aromatic rings. The predicted molar refractivity (Wildman–Crippen MR) is 107 cm³/mol. The Morgan fingerprint density at radius 3 is 2.65 bits per heavy atom. The van der Waals surface area contributed by atoms with Crippen LogP contribution in [0.15, 0.2) is 29.3 Å². The van der Waals surface area contributed by atoms with Crippen molar-refractivity contribution in [3.8, 4) is 0 Å². The molecule has 0 radical (unpaired) electrons. The van der Waals surface area contributed by atoms with E-state index < -0.39 is 0 Å². The van der Waals surface area contributed by atoms with Gasteiger partial charge in [-0.2, -0.15) is 0 Å². The van der Waals surface area contributed by atoms with E-state index in [9.17, 15) is 4.39 Å². The molecular weight excluding hydrogens is 406 g/mol. The molecule has 0 bridgehead atoms. The van der Waals surface area contributed by atoms with Gasteiger partial charge in [-0.25, -0.2) is 4.39 Å². The number of hydrogen-bond acceptors (Lipinski definition) is 2. The Kier molecular flexibility index (Phi) is 12.0. The fourth-order valence-electron chi connectivity index (χ4n) is 1.94. The summed E-state index contributed by atoms with van der Waals surface area (Å²) in [6, 6.07) is 7.24. The zero-order valence-corrected chi connectivity index (χ0v) is 16.9. The maximum Gasteiger partial charge on any atom is 0.191 e. The molecule has 0 saturated carbocycles. The van der Waals surface area contributed by atoms with Crippen LogP contribution >= 0.6 is 24.0 Å². The standard InChI is InChI=1S/C17H29FN4.HI/c1-5-19-17(21-11-12-22(4)14(2)3)20-10-9-15-7-6-8-16(18)13-15;/h6-8,13-14H,5,9-12H2,1-4H3,(H2,19,20,21);1H. The minimum Gasteiger partial charge on any atom is -0.357 e. The third kappa shape index (κ3) is 9.76. The Labute approximate surface area is 157 Å². The summed E-state index contributed by atoms with van der Waals surface area (Å²) in [5, 5.41) is 6.52. The van der Waals surface area contributed by atoms with Gasteiger partial charge in [0.05, 0.1) is 6.54 Å². The normalized spacial score (nSPS) is 11.5. The second-order valence-corrected chi connectivity index (χ2v) is 5.64. The molecule has 0 heterocycles. The molecule has 0 saturated heterocycles. The van der Waals surface area contributed by atoms with Crippen molar-refractivity contribution in [3.05, 3.63) is 35.6 Å². The summed E-state index contributed by atoms with van der Waals surface area (Å²) in [6.45, 7) is 9.63. The number of rotatable bonds is 8. The zero-order chi connectivity index (χ0) is 16.4. The van der Waals surface area contributed by atoms with Gasteiger partial charge in [0.15, 0.2) is 5.96 Å². The van der Waals surface area contributed by atoms with Crippen LogP contribution in [0, 0.1) is 5.82 Å². The number of halogens is 2. The monoisotopic (exact) mass is 436 g/mol. The van der Waals surface area contributed by atoms with Crippen LogP contribution < -0.4 is 10.6 Å². The molecule has 2 N–H and O–H groups in total. The van der Waals surface area contributed by atoms with Crippen molar-refractivity contribution in [1.82, 2.24) is 15.5 Å². The summed E-state index contributed by atoms with van der Waals surface area (Å²) in [7, 11) is 2.10. The minimum absolute atomic E-state index is 0. The maximum atomic E-state index is 13.1. The molecule has 0 spiro atoms. The Morgan fingerprint density at radius 2 is 2.04 bits per heavy atom. The molecule has 0 aliphatic rings. The zero-order valence-electron chi connectivity index (χ0n) is 14.6. The van der Waals surface area contributed by atoms with Gasteiger partial charge in [-0.05, 0) is 51.9 Å². The van der Waals surface area contributed by atoms with E-state index in [1.165, 1.54) is 6.07 Å². The Hall–Kier alpha value is -0.890. The van der Waals surface area contributed by atoms with E-state index in [0.29, 0.717) is 6.04 Å². The van der Waals surface area contributed by atoms with Gasteiger partial charge in [0.2, 0.25) is 0 Å². The van der Waals surface area contributed by atoms with Crippen molar-refractivity contribution in [3.63, 3.8) is 0 Å². The summed E-state index contributed by atoms with van der Waals surface area (Å²) in [4.78, 5) is 6.83. The van der Waals surface area contributed by atoms with Crippen LogP contribution in [0.2, 0.25) is 0 Å². The van der Waals surface area contributed by atoms with E-state index in [2.05, 4.69) is 41.4 Å². The highest BCUT2D eigenvalue weighted by Crippen LogP contribution is 2.03.